The first kappa shape index (κ1) is 21.1. The van der Waals surface area contributed by atoms with Crippen LogP contribution >= 0.6 is 0 Å². The zero-order valence-electron chi connectivity index (χ0n) is 16.5. The lowest BCUT2D eigenvalue weighted by atomic mass is 9.98. The van der Waals surface area contributed by atoms with Crippen LogP contribution in [0.1, 0.15) is 46.9 Å². The number of amides is 3. The number of nitrogens with zero attached hydrogens (tertiary/aromatic N) is 1. The highest BCUT2D eigenvalue weighted by Gasteiger charge is 2.44. The predicted molar refractivity (Wildman–Crippen MR) is 105 cm³/mol. The number of fused-ring (bicyclic) bond motifs is 1. The summed E-state index contributed by atoms with van der Waals surface area (Å²) in [5.41, 5.74) is 8.35. The van der Waals surface area contributed by atoms with E-state index in [4.69, 9.17) is 20.4 Å². The molecule has 30 heavy (non-hydrogen) atoms. The maximum Gasteiger partial charge on any atom is 0.256 e. The highest BCUT2D eigenvalue weighted by molar-refractivity contribution is 6.04. The highest BCUT2D eigenvalue weighted by atomic mass is 16.5. The Morgan fingerprint density at radius 3 is 2.73 bits per heavy atom. The lowest BCUT2D eigenvalue weighted by molar-refractivity contribution is -0.131. The molecule has 0 fully saturated rings. The summed E-state index contributed by atoms with van der Waals surface area (Å²) in [6.45, 7) is 2.18. The number of hydroxylamine groups is 1. The van der Waals surface area contributed by atoms with Gasteiger partial charge in [-0.25, -0.2) is 5.48 Å². The van der Waals surface area contributed by atoms with Crippen LogP contribution in [0, 0.1) is 6.07 Å². The van der Waals surface area contributed by atoms with Gasteiger partial charge < -0.3 is 20.1 Å². The molecule has 0 saturated carbocycles. The van der Waals surface area contributed by atoms with E-state index in [0.717, 1.165) is 0 Å². The van der Waals surface area contributed by atoms with Gasteiger partial charge in [-0.1, -0.05) is 24.3 Å². The molecule has 2 aromatic carbocycles. The summed E-state index contributed by atoms with van der Waals surface area (Å²) >= 11 is 0. The summed E-state index contributed by atoms with van der Waals surface area (Å²) < 4.78 is 10.9. The second-order valence-electron chi connectivity index (χ2n) is 6.62. The number of hydrogen-bond donors (Lipinski definition) is 3. The van der Waals surface area contributed by atoms with Crippen LogP contribution in [-0.4, -0.2) is 41.5 Å². The Bertz CT molecular complexity index is 977. The summed E-state index contributed by atoms with van der Waals surface area (Å²) in [7, 11) is 1.49. The average Bonchev–Trinajstić information content (AvgIpc) is 3.04. The van der Waals surface area contributed by atoms with E-state index in [2.05, 4.69) is 6.07 Å². The Hall–Kier alpha value is -3.59. The van der Waals surface area contributed by atoms with Gasteiger partial charge in [-0.2, -0.15) is 0 Å². The van der Waals surface area contributed by atoms with E-state index >= 15 is 0 Å². The van der Waals surface area contributed by atoms with E-state index in [-0.39, 0.29) is 12.0 Å². The Kier molecular flexibility index (Phi) is 6.22. The van der Waals surface area contributed by atoms with E-state index in [1.807, 2.05) is 6.92 Å². The number of carbonyl (C=O) groups excluding carboxylic acids is 3. The van der Waals surface area contributed by atoms with Crippen molar-refractivity contribution >= 4 is 17.7 Å². The first-order valence-electron chi connectivity index (χ1n) is 9.29. The number of ether oxygens (including phenoxy) is 2. The SMILES string of the molecule is CCOc1cc(C(CC(=O)NO)N2C(=O)c3[c]cccc3C2C(N)=O)ccc1OC. The molecule has 9 heteroatoms. The minimum absolute atomic E-state index is 0.217. The fraction of sp³-hybridized carbons (Fsp3) is 0.286. The third-order valence-electron chi connectivity index (χ3n) is 4.89. The lowest BCUT2D eigenvalue weighted by Gasteiger charge is -2.32. The van der Waals surface area contributed by atoms with Crippen molar-refractivity contribution in [3.05, 3.63) is 59.2 Å². The molecule has 1 aliphatic rings. The topological polar surface area (TPSA) is 131 Å². The van der Waals surface area contributed by atoms with Crippen LogP contribution in [0.2, 0.25) is 0 Å². The van der Waals surface area contributed by atoms with E-state index in [1.165, 1.54) is 12.0 Å². The molecular formula is C21H22N3O6. The third-order valence-corrected chi connectivity index (χ3v) is 4.89. The molecule has 0 aliphatic carbocycles. The summed E-state index contributed by atoms with van der Waals surface area (Å²) in [6.07, 6.45) is -0.308. The molecule has 4 N–H and O–H groups in total. The van der Waals surface area contributed by atoms with Crippen LogP contribution in [0.4, 0.5) is 0 Å². The predicted octanol–water partition coefficient (Wildman–Crippen LogP) is 1.51. The number of rotatable bonds is 8. The molecular weight excluding hydrogens is 390 g/mol. The van der Waals surface area contributed by atoms with Crippen molar-refractivity contribution in [1.29, 1.82) is 0 Å². The smallest absolute Gasteiger partial charge is 0.256 e. The van der Waals surface area contributed by atoms with Crippen molar-refractivity contribution in [2.24, 2.45) is 5.73 Å². The molecule has 0 bridgehead atoms. The standard InChI is InChI=1S/C21H22N3O6/c1-3-30-17-10-12(8-9-16(17)29-2)15(11-18(25)23-28)24-19(20(22)26)13-6-4-5-7-14(13)21(24)27/h4-6,8-10,15,19,28H,3,11H2,1-2H3,(H2,22,26)(H,23,25). The number of nitrogens with one attached hydrogen (secondary N) is 1. The van der Waals surface area contributed by atoms with Gasteiger partial charge in [0, 0.05) is 0 Å². The van der Waals surface area contributed by atoms with Gasteiger partial charge in [0.05, 0.1) is 31.7 Å². The zero-order chi connectivity index (χ0) is 21.8. The molecule has 0 aromatic heterocycles. The molecule has 1 radical (unpaired) electrons. The molecule has 1 heterocycles. The van der Waals surface area contributed by atoms with Crippen LogP contribution in [0.25, 0.3) is 0 Å². The van der Waals surface area contributed by atoms with Gasteiger partial charge in [-0.3, -0.25) is 19.6 Å². The molecule has 0 saturated heterocycles. The molecule has 2 atom stereocenters. The molecule has 157 valence electrons. The number of carbonyl (C=O) groups is 3. The maximum atomic E-state index is 13.2. The van der Waals surface area contributed by atoms with Crippen molar-refractivity contribution in [3.8, 4) is 11.5 Å². The van der Waals surface area contributed by atoms with Crippen LogP contribution in [-0.2, 0) is 9.59 Å². The lowest BCUT2D eigenvalue weighted by Crippen LogP contribution is -2.40. The number of primary amides is 1. The largest absolute Gasteiger partial charge is 0.493 e. The maximum absolute atomic E-state index is 13.2. The summed E-state index contributed by atoms with van der Waals surface area (Å²) in [4.78, 5) is 38.8. The second kappa shape index (κ2) is 8.83. The second-order valence-corrected chi connectivity index (χ2v) is 6.62. The van der Waals surface area contributed by atoms with E-state index in [0.29, 0.717) is 29.2 Å². The van der Waals surface area contributed by atoms with Crippen molar-refractivity contribution in [3.63, 3.8) is 0 Å². The van der Waals surface area contributed by atoms with Crippen molar-refractivity contribution < 1.29 is 29.1 Å². The average molecular weight is 412 g/mol. The Morgan fingerprint density at radius 2 is 2.10 bits per heavy atom. The quantitative estimate of drug-likeness (QED) is 0.445. The minimum Gasteiger partial charge on any atom is -0.493 e. The number of benzene rings is 2. The molecule has 3 amide bonds. The molecule has 2 aromatic rings. The Labute approximate surface area is 173 Å². The van der Waals surface area contributed by atoms with Gasteiger partial charge in [0.2, 0.25) is 11.8 Å². The van der Waals surface area contributed by atoms with Gasteiger partial charge in [0.15, 0.2) is 11.5 Å². The van der Waals surface area contributed by atoms with Crippen molar-refractivity contribution in [2.75, 3.05) is 13.7 Å². The summed E-state index contributed by atoms with van der Waals surface area (Å²) in [5, 5.41) is 9.06. The van der Waals surface area contributed by atoms with Crippen LogP contribution < -0.4 is 20.7 Å². The summed E-state index contributed by atoms with van der Waals surface area (Å²) in [5.74, 6) is -1.07. The van der Waals surface area contributed by atoms with Crippen molar-refractivity contribution in [1.82, 2.24) is 10.4 Å². The minimum atomic E-state index is -1.08. The van der Waals surface area contributed by atoms with Crippen LogP contribution in [0.5, 0.6) is 11.5 Å². The molecule has 3 rings (SSSR count). The van der Waals surface area contributed by atoms with Gasteiger partial charge in [0.1, 0.15) is 6.04 Å². The fourth-order valence-electron chi connectivity index (χ4n) is 3.64. The molecule has 1 aliphatic heterocycles. The third kappa shape index (κ3) is 3.79. The number of hydrogen-bond acceptors (Lipinski definition) is 6. The van der Waals surface area contributed by atoms with E-state index in [9.17, 15) is 14.4 Å². The highest BCUT2D eigenvalue weighted by Crippen LogP contribution is 2.42. The number of nitrogens with two attached hydrogens (primary N) is 1. The zero-order valence-corrected chi connectivity index (χ0v) is 16.5. The van der Waals surface area contributed by atoms with E-state index in [1.54, 1.807) is 41.9 Å². The van der Waals surface area contributed by atoms with Gasteiger partial charge in [0.25, 0.3) is 5.91 Å². The van der Waals surface area contributed by atoms with E-state index < -0.39 is 29.8 Å². The normalized spacial score (nSPS) is 16.0. The van der Waals surface area contributed by atoms with Crippen molar-refractivity contribution in [2.45, 2.75) is 25.4 Å². The van der Waals surface area contributed by atoms with Gasteiger partial charge in [-0.15, -0.1) is 0 Å². The van der Waals surface area contributed by atoms with Gasteiger partial charge >= 0.3 is 0 Å². The monoisotopic (exact) mass is 412 g/mol. The first-order chi connectivity index (χ1) is 14.4. The Balaban J connectivity index is 2.13. The first-order valence-corrected chi connectivity index (χ1v) is 9.29. The molecule has 2 unspecified atom stereocenters. The summed E-state index contributed by atoms with van der Waals surface area (Å²) in [6, 6.07) is 10.6. The fourth-order valence-corrected chi connectivity index (χ4v) is 3.64. The van der Waals surface area contributed by atoms with Crippen LogP contribution in [0.3, 0.4) is 0 Å². The Morgan fingerprint density at radius 1 is 1.33 bits per heavy atom. The number of methoxy groups -OCH3 is 1. The van der Waals surface area contributed by atoms with Gasteiger partial charge in [-0.05, 0) is 36.2 Å². The molecule has 9 nitrogen and oxygen atoms in total. The molecule has 0 spiro atoms. The van der Waals surface area contributed by atoms with Crippen LogP contribution in [0.15, 0.2) is 36.4 Å².